The molecule has 0 bridgehead atoms. The zero-order chi connectivity index (χ0) is 14.9. The Balaban J connectivity index is 2.21. The highest BCUT2D eigenvalue weighted by Gasteiger charge is 2.35. The minimum Gasteiger partial charge on any atom is -0.394 e. The normalized spacial score (nSPS) is 24.8. The first kappa shape index (κ1) is 15.0. The highest BCUT2D eigenvalue weighted by Crippen LogP contribution is 2.29. The smallest absolute Gasteiger partial charge is 0.230 e. The SMILES string of the molecule is Cc1noc(C)c1C(C)C(=O)N1CCCC(C)C1CO. The average molecular weight is 280 g/mol. The highest BCUT2D eigenvalue weighted by atomic mass is 16.5. The van der Waals surface area contributed by atoms with Crippen molar-refractivity contribution in [1.29, 1.82) is 0 Å². The van der Waals surface area contributed by atoms with Crippen molar-refractivity contribution in [3.05, 3.63) is 17.0 Å². The summed E-state index contributed by atoms with van der Waals surface area (Å²) in [4.78, 5) is 14.6. The van der Waals surface area contributed by atoms with E-state index in [1.165, 1.54) is 0 Å². The van der Waals surface area contributed by atoms with Crippen LogP contribution in [0.4, 0.5) is 0 Å². The number of carbonyl (C=O) groups excluding carboxylic acids is 1. The van der Waals surface area contributed by atoms with E-state index < -0.39 is 0 Å². The highest BCUT2D eigenvalue weighted by molar-refractivity contribution is 5.84. The van der Waals surface area contributed by atoms with Crippen LogP contribution in [0.5, 0.6) is 0 Å². The van der Waals surface area contributed by atoms with E-state index in [0.29, 0.717) is 11.7 Å². The molecule has 3 unspecified atom stereocenters. The largest absolute Gasteiger partial charge is 0.394 e. The van der Waals surface area contributed by atoms with Crippen molar-refractivity contribution in [2.75, 3.05) is 13.2 Å². The van der Waals surface area contributed by atoms with E-state index >= 15 is 0 Å². The average Bonchev–Trinajstić information content (AvgIpc) is 2.76. The van der Waals surface area contributed by atoms with Crippen LogP contribution in [0, 0.1) is 19.8 Å². The van der Waals surface area contributed by atoms with Gasteiger partial charge in [-0.3, -0.25) is 4.79 Å². The minimum atomic E-state index is -0.277. The number of aromatic nitrogens is 1. The van der Waals surface area contributed by atoms with Crippen molar-refractivity contribution < 1.29 is 14.4 Å². The Morgan fingerprint density at radius 3 is 2.80 bits per heavy atom. The molecule has 1 aliphatic heterocycles. The summed E-state index contributed by atoms with van der Waals surface area (Å²) in [5, 5.41) is 13.5. The molecule has 1 aromatic rings. The maximum absolute atomic E-state index is 12.8. The summed E-state index contributed by atoms with van der Waals surface area (Å²) >= 11 is 0. The number of carbonyl (C=O) groups is 1. The zero-order valence-electron chi connectivity index (χ0n) is 12.7. The molecule has 20 heavy (non-hydrogen) atoms. The van der Waals surface area contributed by atoms with Gasteiger partial charge >= 0.3 is 0 Å². The van der Waals surface area contributed by atoms with Gasteiger partial charge in [-0.2, -0.15) is 0 Å². The molecule has 1 N–H and O–H groups in total. The molecule has 1 amide bonds. The van der Waals surface area contributed by atoms with Crippen LogP contribution in [-0.4, -0.2) is 40.3 Å². The van der Waals surface area contributed by atoms with Crippen LogP contribution in [0.15, 0.2) is 4.52 Å². The van der Waals surface area contributed by atoms with Crippen LogP contribution < -0.4 is 0 Å². The van der Waals surface area contributed by atoms with E-state index in [1.54, 1.807) is 0 Å². The maximum atomic E-state index is 12.8. The number of hydrogen-bond acceptors (Lipinski definition) is 4. The van der Waals surface area contributed by atoms with E-state index in [0.717, 1.165) is 30.6 Å². The molecule has 112 valence electrons. The fraction of sp³-hybridized carbons (Fsp3) is 0.733. The van der Waals surface area contributed by atoms with E-state index in [9.17, 15) is 9.90 Å². The van der Waals surface area contributed by atoms with Crippen LogP contribution in [0.2, 0.25) is 0 Å². The second-order valence-corrected chi connectivity index (χ2v) is 5.86. The summed E-state index contributed by atoms with van der Waals surface area (Å²) < 4.78 is 5.16. The molecule has 1 fully saturated rings. The van der Waals surface area contributed by atoms with Gasteiger partial charge in [0.15, 0.2) is 0 Å². The van der Waals surface area contributed by atoms with Crippen LogP contribution in [0.3, 0.4) is 0 Å². The standard InChI is InChI=1S/C15H24N2O3/c1-9-6-5-7-17(13(9)8-18)15(19)10(2)14-11(3)16-20-12(14)4/h9-10,13,18H,5-8H2,1-4H3. The number of hydrogen-bond donors (Lipinski definition) is 1. The van der Waals surface area contributed by atoms with Gasteiger partial charge in [0.05, 0.1) is 24.3 Å². The Kier molecular flexibility index (Phi) is 4.48. The number of aliphatic hydroxyl groups is 1. The van der Waals surface area contributed by atoms with Crippen molar-refractivity contribution >= 4 is 5.91 Å². The second-order valence-electron chi connectivity index (χ2n) is 5.86. The summed E-state index contributed by atoms with van der Waals surface area (Å²) in [5.41, 5.74) is 1.65. The van der Waals surface area contributed by atoms with Crippen LogP contribution in [0.1, 0.15) is 49.6 Å². The van der Waals surface area contributed by atoms with E-state index in [1.807, 2.05) is 25.7 Å². The van der Waals surface area contributed by atoms with E-state index in [-0.39, 0.29) is 24.5 Å². The maximum Gasteiger partial charge on any atom is 0.230 e. The van der Waals surface area contributed by atoms with Crippen LogP contribution in [-0.2, 0) is 4.79 Å². The summed E-state index contributed by atoms with van der Waals surface area (Å²) in [7, 11) is 0. The van der Waals surface area contributed by atoms with Crippen LogP contribution >= 0.6 is 0 Å². The third-order valence-corrected chi connectivity index (χ3v) is 4.48. The topological polar surface area (TPSA) is 66.6 Å². The summed E-state index contributed by atoms with van der Waals surface area (Å²) in [6.07, 6.45) is 2.06. The quantitative estimate of drug-likeness (QED) is 0.919. The van der Waals surface area contributed by atoms with Crippen LogP contribution in [0.25, 0.3) is 0 Å². The first-order valence-corrected chi connectivity index (χ1v) is 7.31. The molecular weight excluding hydrogens is 256 g/mol. The summed E-state index contributed by atoms with van der Waals surface area (Å²) in [6.45, 7) is 8.44. The van der Waals surface area contributed by atoms with Gasteiger partial charge in [0.2, 0.25) is 5.91 Å². The number of likely N-dealkylation sites (tertiary alicyclic amines) is 1. The lowest BCUT2D eigenvalue weighted by Crippen LogP contribution is -2.50. The third-order valence-electron chi connectivity index (χ3n) is 4.48. The van der Waals surface area contributed by atoms with E-state index in [2.05, 4.69) is 12.1 Å². The van der Waals surface area contributed by atoms with Gasteiger partial charge in [-0.25, -0.2) is 0 Å². The zero-order valence-corrected chi connectivity index (χ0v) is 12.7. The first-order valence-electron chi connectivity index (χ1n) is 7.31. The molecule has 2 rings (SSSR count). The molecule has 5 heteroatoms. The number of piperidine rings is 1. The molecule has 0 radical (unpaired) electrons. The molecule has 1 aliphatic rings. The lowest BCUT2D eigenvalue weighted by Gasteiger charge is -2.40. The number of nitrogens with zero attached hydrogens (tertiary/aromatic N) is 2. The van der Waals surface area contributed by atoms with Gasteiger partial charge in [-0.05, 0) is 39.5 Å². The lowest BCUT2D eigenvalue weighted by atomic mass is 9.89. The lowest BCUT2D eigenvalue weighted by molar-refractivity contribution is -0.139. The molecule has 1 saturated heterocycles. The summed E-state index contributed by atoms with van der Waals surface area (Å²) in [5.74, 6) is 0.828. The molecule has 2 heterocycles. The monoisotopic (exact) mass is 280 g/mol. The Labute approximate surface area is 119 Å². The Morgan fingerprint density at radius 2 is 2.25 bits per heavy atom. The molecule has 3 atom stereocenters. The minimum absolute atomic E-state index is 0.0290. The number of amides is 1. The molecule has 0 saturated carbocycles. The van der Waals surface area contributed by atoms with Crippen molar-refractivity contribution in [2.24, 2.45) is 5.92 Å². The molecular formula is C15H24N2O3. The molecule has 0 aliphatic carbocycles. The second kappa shape index (κ2) is 5.95. The van der Waals surface area contributed by atoms with Crippen molar-refractivity contribution in [3.63, 3.8) is 0 Å². The van der Waals surface area contributed by atoms with Crippen molar-refractivity contribution in [3.8, 4) is 0 Å². The fourth-order valence-electron chi connectivity index (χ4n) is 3.28. The van der Waals surface area contributed by atoms with Gasteiger partial charge < -0.3 is 14.5 Å². The summed E-state index contributed by atoms with van der Waals surface area (Å²) in [6, 6.07) is -0.0702. The number of rotatable bonds is 3. The Hall–Kier alpha value is -1.36. The van der Waals surface area contributed by atoms with Crippen molar-refractivity contribution in [2.45, 2.75) is 52.5 Å². The molecule has 0 aromatic carbocycles. The van der Waals surface area contributed by atoms with Gasteiger partial charge in [0.1, 0.15) is 5.76 Å². The molecule has 0 spiro atoms. The Morgan fingerprint density at radius 1 is 1.55 bits per heavy atom. The van der Waals surface area contributed by atoms with Gasteiger partial charge in [0.25, 0.3) is 0 Å². The van der Waals surface area contributed by atoms with Gasteiger partial charge in [-0.15, -0.1) is 0 Å². The molecule has 1 aromatic heterocycles. The fourth-order valence-corrected chi connectivity index (χ4v) is 3.28. The number of aliphatic hydroxyl groups excluding tert-OH is 1. The number of aryl methyl sites for hydroxylation is 2. The third kappa shape index (κ3) is 2.59. The predicted octanol–water partition coefficient (Wildman–Crippen LogP) is 2.01. The Bertz CT molecular complexity index is 464. The molecule has 5 nitrogen and oxygen atoms in total. The van der Waals surface area contributed by atoms with Crippen molar-refractivity contribution in [1.82, 2.24) is 10.1 Å². The van der Waals surface area contributed by atoms with Gasteiger partial charge in [-0.1, -0.05) is 12.1 Å². The first-order chi connectivity index (χ1) is 9.47. The van der Waals surface area contributed by atoms with Gasteiger partial charge in [0, 0.05) is 12.1 Å². The predicted molar refractivity (Wildman–Crippen MR) is 75.4 cm³/mol. The van der Waals surface area contributed by atoms with E-state index in [4.69, 9.17) is 4.52 Å².